The number of ether oxygens (including phenoxy) is 1. The van der Waals surface area contributed by atoms with E-state index in [4.69, 9.17) is 25.9 Å². The number of nitrogens with one attached hydrogen (secondary N) is 1. The Morgan fingerprint density at radius 2 is 1.87 bits per heavy atom. The van der Waals surface area contributed by atoms with Crippen molar-refractivity contribution in [2.24, 2.45) is 16.9 Å². The summed E-state index contributed by atoms with van der Waals surface area (Å²) in [4.78, 5) is 23.6. The van der Waals surface area contributed by atoms with Crippen LogP contribution < -0.4 is 16.8 Å². The maximum atomic E-state index is 15.2. The van der Waals surface area contributed by atoms with Crippen molar-refractivity contribution in [3.8, 4) is 5.69 Å². The first kappa shape index (κ1) is 30.5. The van der Waals surface area contributed by atoms with Crippen LogP contribution >= 0.6 is 0 Å². The summed E-state index contributed by atoms with van der Waals surface area (Å²) in [5, 5.41) is 8.05. The highest BCUT2D eigenvalue weighted by Gasteiger charge is 2.31. The van der Waals surface area contributed by atoms with Gasteiger partial charge in [0.15, 0.2) is 0 Å². The second kappa shape index (κ2) is 12.0. The Kier molecular flexibility index (Phi) is 9.39. The lowest BCUT2D eigenvalue weighted by Gasteiger charge is -2.31. The number of aryl methyl sites for hydroxylation is 1. The second-order valence-corrected chi connectivity index (χ2v) is 12.5. The van der Waals surface area contributed by atoms with Crippen LogP contribution in [-0.2, 0) is 32.5 Å². The predicted molar refractivity (Wildman–Crippen MR) is 145 cm³/mol. The number of benzene rings is 1. The number of aromatic nitrogens is 2. The fraction of sp³-hybridized carbons (Fsp3) is 0.577. The minimum atomic E-state index is -3.67. The fourth-order valence-electron chi connectivity index (χ4n) is 5.19. The third-order valence-corrected chi connectivity index (χ3v) is 7.05. The molecule has 0 aliphatic heterocycles. The smallest absolute Gasteiger partial charge is 0.319 e. The average Bonchev–Trinajstić information content (AvgIpc) is 3.13. The Morgan fingerprint density at radius 1 is 1.26 bits per heavy atom. The van der Waals surface area contributed by atoms with E-state index in [1.807, 2.05) is 11.6 Å². The standard InChI is InChI=1S/C25H34FN5O3.CH4O3S/c1-14-18-8-9-25(2,3)12-21(18)31(30-14)16-10-19(26)23(24(28)33)20(11-16)29-15-4-6-17(7-5-15)34-22(32)13-27;1-5(2,3)4/h10-11,15,17,29H,4-9,12-13,27H2,1-3H3,(H2,28,33);1H3,(H,2,3,4). The van der Waals surface area contributed by atoms with Gasteiger partial charge in [0.2, 0.25) is 0 Å². The van der Waals surface area contributed by atoms with E-state index >= 15 is 4.39 Å². The van der Waals surface area contributed by atoms with Gasteiger partial charge in [-0.15, -0.1) is 0 Å². The molecule has 2 aliphatic rings. The zero-order valence-corrected chi connectivity index (χ0v) is 23.6. The van der Waals surface area contributed by atoms with E-state index in [0.29, 0.717) is 43.3 Å². The normalized spacial score (nSPS) is 20.3. The quantitative estimate of drug-likeness (QED) is 0.301. The molecule has 1 heterocycles. The van der Waals surface area contributed by atoms with Crippen LogP contribution in [0.25, 0.3) is 5.69 Å². The number of primary amides is 1. The van der Waals surface area contributed by atoms with Crippen molar-refractivity contribution < 1.29 is 31.7 Å². The van der Waals surface area contributed by atoms with Crippen LogP contribution in [0.4, 0.5) is 10.1 Å². The Morgan fingerprint density at radius 3 is 2.44 bits per heavy atom. The summed E-state index contributed by atoms with van der Waals surface area (Å²) < 4.78 is 48.2. The van der Waals surface area contributed by atoms with E-state index < -0.39 is 27.8 Å². The summed E-state index contributed by atoms with van der Waals surface area (Å²) in [6.45, 7) is 6.30. The lowest BCUT2D eigenvalue weighted by atomic mass is 9.76. The minimum absolute atomic E-state index is 0.00668. The summed E-state index contributed by atoms with van der Waals surface area (Å²) in [5.41, 5.74) is 15.0. The van der Waals surface area contributed by atoms with E-state index in [-0.39, 0.29) is 29.7 Å². The highest BCUT2D eigenvalue weighted by molar-refractivity contribution is 7.85. The third-order valence-electron chi connectivity index (χ3n) is 7.05. The molecule has 13 heteroatoms. The molecule has 0 radical (unpaired) electrons. The zero-order chi connectivity index (χ0) is 29.1. The van der Waals surface area contributed by atoms with Gasteiger partial charge in [-0.25, -0.2) is 9.07 Å². The molecule has 1 saturated carbocycles. The first-order valence-electron chi connectivity index (χ1n) is 12.9. The molecule has 6 N–H and O–H groups in total. The van der Waals surface area contributed by atoms with Crippen molar-refractivity contribution >= 4 is 27.7 Å². The monoisotopic (exact) mass is 567 g/mol. The SMILES string of the molecule is CS(=O)(=O)O.Cc1nn(-c2cc(F)c(C(N)=O)c(NC3CCC(OC(=O)CN)CC3)c2)c2c1CCC(C)(C)C2. The molecule has 2 aromatic rings. The molecular weight excluding hydrogens is 529 g/mol. The number of hydrogen-bond donors (Lipinski definition) is 4. The van der Waals surface area contributed by atoms with Crippen molar-refractivity contribution in [3.05, 3.63) is 40.5 Å². The summed E-state index contributed by atoms with van der Waals surface area (Å²) >= 11 is 0. The maximum Gasteiger partial charge on any atom is 0.319 e. The van der Waals surface area contributed by atoms with Crippen LogP contribution in [0.15, 0.2) is 12.1 Å². The molecule has 4 rings (SSSR count). The largest absolute Gasteiger partial charge is 0.461 e. The van der Waals surface area contributed by atoms with Gasteiger partial charge in [0.25, 0.3) is 16.0 Å². The first-order chi connectivity index (χ1) is 18.1. The van der Waals surface area contributed by atoms with Gasteiger partial charge in [-0.05, 0) is 68.9 Å². The van der Waals surface area contributed by atoms with Crippen molar-refractivity contribution in [2.45, 2.75) is 77.9 Å². The summed E-state index contributed by atoms with van der Waals surface area (Å²) in [6, 6.07) is 3.09. The van der Waals surface area contributed by atoms with Gasteiger partial charge in [-0.1, -0.05) is 13.8 Å². The summed E-state index contributed by atoms with van der Waals surface area (Å²) in [7, 11) is -3.67. The zero-order valence-electron chi connectivity index (χ0n) is 22.8. The number of amides is 1. The lowest BCUT2D eigenvalue weighted by Crippen LogP contribution is -2.33. The van der Waals surface area contributed by atoms with Gasteiger partial charge in [0, 0.05) is 17.8 Å². The minimum Gasteiger partial charge on any atom is -0.461 e. The molecule has 11 nitrogen and oxygen atoms in total. The van der Waals surface area contributed by atoms with Gasteiger partial charge in [-0.3, -0.25) is 14.1 Å². The molecule has 1 aromatic carbocycles. The maximum absolute atomic E-state index is 15.2. The Hall–Kier alpha value is -3.03. The molecule has 0 spiro atoms. The number of carbonyl (C=O) groups excluding carboxylic acids is 2. The van der Waals surface area contributed by atoms with Crippen molar-refractivity contribution in [1.29, 1.82) is 0 Å². The van der Waals surface area contributed by atoms with Crippen LogP contribution in [0, 0.1) is 18.2 Å². The molecule has 1 fully saturated rings. The van der Waals surface area contributed by atoms with Crippen LogP contribution in [-0.4, -0.2) is 59.6 Å². The summed E-state index contributed by atoms with van der Waals surface area (Å²) in [5.74, 6) is -1.91. The highest BCUT2D eigenvalue weighted by atomic mass is 32.2. The molecule has 0 saturated heterocycles. The van der Waals surface area contributed by atoms with Gasteiger partial charge in [0.05, 0.1) is 35.4 Å². The molecule has 1 aromatic heterocycles. The van der Waals surface area contributed by atoms with Crippen molar-refractivity contribution in [2.75, 3.05) is 18.1 Å². The number of esters is 1. The molecule has 0 bridgehead atoms. The van der Waals surface area contributed by atoms with Gasteiger partial charge in [0.1, 0.15) is 11.9 Å². The average molecular weight is 568 g/mol. The molecular formula is C26H38FN5O6S. The first-order valence-corrected chi connectivity index (χ1v) is 14.7. The van der Waals surface area contributed by atoms with E-state index in [9.17, 15) is 18.0 Å². The van der Waals surface area contributed by atoms with Crippen LogP contribution in [0.3, 0.4) is 0 Å². The number of halogens is 1. The number of nitrogens with zero attached hydrogens (tertiary/aromatic N) is 2. The van der Waals surface area contributed by atoms with Crippen LogP contribution in [0.1, 0.15) is 73.3 Å². The van der Waals surface area contributed by atoms with Crippen LogP contribution in [0.2, 0.25) is 0 Å². The highest BCUT2D eigenvalue weighted by Crippen LogP contribution is 2.38. The third kappa shape index (κ3) is 8.23. The molecule has 39 heavy (non-hydrogen) atoms. The van der Waals surface area contributed by atoms with E-state index in [1.165, 1.54) is 11.6 Å². The predicted octanol–water partition coefficient (Wildman–Crippen LogP) is 2.66. The van der Waals surface area contributed by atoms with Gasteiger partial charge >= 0.3 is 5.97 Å². The van der Waals surface area contributed by atoms with Gasteiger partial charge in [-0.2, -0.15) is 13.5 Å². The summed E-state index contributed by atoms with van der Waals surface area (Å²) in [6.07, 6.45) is 6.15. The van der Waals surface area contributed by atoms with Crippen molar-refractivity contribution in [1.82, 2.24) is 9.78 Å². The lowest BCUT2D eigenvalue weighted by molar-refractivity contribution is -0.148. The molecule has 1 amide bonds. The number of nitrogens with two attached hydrogens (primary N) is 2. The van der Waals surface area contributed by atoms with Gasteiger partial charge < -0.3 is 21.5 Å². The molecule has 0 atom stereocenters. The second-order valence-electron chi connectivity index (χ2n) is 11.0. The molecule has 0 unspecified atom stereocenters. The Labute approximate surface area is 228 Å². The molecule has 2 aliphatic carbocycles. The van der Waals surface area contributed by atoms with E-state index in [0.717, 1.165) is 30.7 Å². The fourth-order valence-corrected chi connectivity index (χ4v) is 5.19. The van der Waals surface area contributed by atoms with Crippen LogP contribution in [0.5, 0.6) is 0 Å². The Bertz CT molecular complexity index is 1320. The topological polar surface area (TPSA) is 180 Å². The van der Waals surface area contributed by atoms with Crippen molar-refractivity contribution in [3.63, 3.8) is 0 Å². The molecule has 216 valence electrons. The number of hydrogen-bond acceptors (Lipinski definition) is 8. The number of anilines is 1. The number of fused-ring (bicyclic) bond motifs is 1. The number of carbonyl (C=O) groups is 2. The van der Waals surface area contributed by atoms with E-state index in [2.05, 4.69) is 19.2 Å². The Balaban J connectivity index is 0.000000771. The van der Waals surface area contributed by atoms with E-state index in [1.54, 1.807) is 6.07 Å². The number of rotatable bonds is 6.